The molecule has 2 aromatic heterocycles. The molecule has 0 aliphatic rings. The Hall–Kier alpha value is -7.72. The van der Waals surface area contributed by atoms with Crippen LogP contribution >= 0.6 is 11.3 Å². The Kier molecular flexibility index (Phi) is 8.39. The van der Waals surface area contributed by atoms with Gasteiger partial charge < -0.3 is 9.32 Å². The third-order valence-corrected chi connectivity index (χ3v) is 13.3. The Balaban J connectivity index is 1.12. The second-order valence-electron chi connectivity index (χ2n) is 15.6. The monoisotopic (exact) mass is 795 g/mol. The molecule has 2 nitrogen and oxygen atoms in total. The van der Waals surface area contributed by atoms with Crippen LogP contribution in [0.4, 0.5) is 17.1 Å². The van der Waals surface area contributed by atoms with Gasteiger partial charge in [0.15, 0.2) is 0 Å². The minimum atomic E-state index is 0.856. The van der Waals surface area contributed by atoms with Crippen LogP contribution in [0.1, 0.15) is 0 Å². The molecule has 0 fully saturated rings. The molecule has 0 bridgehead atoms. The maximum Gasteiger partial charge on any atom is 0.137 e. The minimum Gasteiger partial charge on any atom is -0.456 e. The fourth-order valence-corrected chi connectivity index (χ4v) is 10.5. The van der Waals surface area contributed by atoms with Gasteiger partial charge in [-0.2, -0.15) is 0 Å². The molecule has 0 N–H and O–H groups in total. The molecule has 2 heterocycles. The van der Waals surface area contributed by atoms with Crippen LogP contribution < -0.4 is 4.90 Å². The Bertz CT molecular complexity index is 3570. The average Bonchev–Trinajstić information content (AvgIpc) is 3.92. The van der Waals surface area contributed by atoms with Crippen molar-refractivity contribution < 1.29 is 4.42 Å². The summed E-state index contributed by atoms with van der Waals surface area (Å²) in [7, 11) is 0. The molecule has 10 aromatic carbocycles. The summed E-state index contributed by atoms with van der Waals surface area (Å²) in [5.74, 6) is 0. The number of fused-ring (bicyclic) bond motifs is 7. The highest BCUT2D eigenvalue weighted by Gasteiger charge is 2.25. The number of furan rings is 1. The van der Waals surface area contributed by atoms with Gasteiger partial charge in [0.1, 0.15) is 11.2 Å². The van der Waals surface area contributed by atoms with Gasteiger partial charge >= 0.3 is 0 Å². The SMILES string of the molecule is c1ccc(-c2ccc3c(c2)oc2cccc(N(c4ccc(-c5c(-c6ccccc6)ccc6ccccc56)cc4)c4ccc(-c5ccccc5)c5sc6ccccc6c45)c23)cc1. The second-order valence-corrected chi connectivity index (χ2v) is 16.6. The van der Waals surface area contributed by atoms with Gasteiger partial charge in [-0.15, -0.1) is 11.3 Å². The number of hydrogen-bond acceptors (Lipinski definition) is 3. The van der Waals surface area contributed by atoms with E-state index in [9.17, 15) is 0 Å². The van der Waals surface area contributed by atoms with Crippen LogP contribution in [-0.2, 0) is 0 Å². The van der Waals surface area contributed by atoms with Crippen molar-refractivity contribution >= 4 is 81.3 Å². The number of nitrogens with zero attached hydrogens (tertiary/aromatic N) is 1. The quantitative estimate of drug-likeness (QED) is 0.160. The van der Waals surface area contributed by atoms with Crippen molar-refractivity contribution in [3.05, 3.63) is 224 Å². The maximum atomic E-state index is 6.75. The first-order valence-corrected chi connectivity index (χ1v) is 21.6. The molecular weight excluding hydrogens is 759 g/mol. The standard InChI is InChI=1S/C58H37NOS/c1-4-15-38(16-5-1)43-30-34-48-53(37-43)60-52-25-14-24-50(56(48)52)59(51-36-35-47(40-19-8-3-9-20-40)58-57(51)49-23-12-13-26-54(49)61-58)44-31-27-42(28-32-44)55-45-22-11-10-21-41(45)29-33-46(55)39-17-6-2-7-18-39/h1-37H. The molecule has 12 aromatic rings. The van der Waals surface area contributed by atoms with Gasteiger partial charge in [0.25, 0.3) is 0 Å². The average molecular weight is 796 g/mol. The van der Waals surface area contributed by atoms with E-state index in [1.807, 2.05) is 11.3 Å². The Morgan fingerprint density at radius 2 is 0.984 bits per heavy atom. The van der Waals surface area contributed by atoms with E-state index in [2.05, 4.69) is 229 Å². The molecule has 286 valence electrons. The fraction of sp³-hybridized carbons (Fsp3) is 0. The van der Waals surface area contributed by atoms with E-state index in [1.54, 1.807) is 0 Å². The zero-order valence-corrected chi connectivity index (χ0v) is 33.9. The van der Waals surface area contributed by atoms with Crippen molar-refractivity contribution in [2.24, 2.45) is 0 Å². The molecule has 0 aliphatic carbocycles. The van der Waals surface area contributed by atoms with E-state index in [-0.39, 0.29) is 0 Å². The van der Waals surface area contributed by atoms with E-state index in [0.717, 1.165) is 44.6 Å². The lowest BCUT2D eigenvalue weighted by atomic mass is 9.89. The van der Waals surface area contributed by atoms with Crippen LogP contribution in [0.5, 0.6) is 0 Å². The molecule has 0 saturated heterocycles. The first kappa shape index (κ1) is 35.2. The lowest BCUT2D eigenvalue weighted by molar-refractivity contribution is 0.669. The number of anilines is 3. The normalized spacial score (nSPS) is 11.6. The summed E-state index contributed by atoms with van der Waals surface area (Å²) in [6, 6.07) is 81.1. The largest absolute Gasteiger partial charge is 0.456 e. The van der Waals surface area contributed by atoms with Gasteiger partial charge in [0.05, 0.1) is 16.8 Å². The Labute approximate surface area is 357 Å². The van der Waals surface area contributed by atoms with Crippen LogP contribution in [0.2, 0.25) is 0 Å². The van der Waals surface area contributed by atoms with Gasteiger partial charge in [-0.25, -0.2) is 0 Å². The van der Waals surface area contributed by atoms with Crippen molar-refractivity contribution in [1.29, 1.82) is 0 Å². The van der Waals surface area contributed by atoms with Crippen LogP contribution in [0.15, 0.2) is 229 Å². The molecule has 61 heavy (non-hydrogen) atoms. The molecule has 0 amide bonds. The highest BCUT2D eigenvalue weighted by molar-refractivity contribution is 7.26. The fourth-order valence-electron chi connectivity index (χ4n) is 9.27. The summed E-state index contributed by atoms with van der Waals surface area (Å²) in [5.41, 5.74) is 14.6. The van der Waals surface area contributed by atoms with E-state index >= 15 is 0 Å². The van der Waals surface area contributed by atoms with E-state index in [0.29, 0.717) is 0 Å². The third kappa shape index (κ3) is 5.93. The van der Waals surface area contributed by atoms with Crippen LogP contribution in [0, 0.1) is 0 Å². The second kappa shape index (κ2) is 14.5. The van der Waals surface area contributed by atoms with Crippen molar-refractivity contribution in [2.45, 2.75) is 0 Å². The number of rotatable bonds is 7. The molecule has 0 radical (unpaired) electrons. The molecule has 0 unspecified atom stereocenters. The maximum absolute atomic E-state index is 6.75. The van der Waals surface area contributed by atoms with E-state index < -0.39 is 0 Å². The van der Waals surface area contributed by atoms with Crippen molar-refractivity contribution in [1.82, 2.24) is 0 Å². The van der Waals surface area contributed by atoms with Gasteiger partial charge in [-0.3, -0.25) is 0 Å². The van der Waals surface area contributed by atoms with Crippen molar-refractivity contribution in [3.63, 3.8) is 0 Å². The molecule has 12 rings (SSSR count). The highest BCUT2D eigenvalue weighted by atomic mass is 32.1. The smallest absolute Gasteiger partial charge is 0.137 e. The topological polar surface area (TPSA) is 16.4 Å². The lowest BCUT2D eigenvalue weighted by Gasteiger charge is -2.28. The predicted octanol–water partition coefficient (Wildman–Crippen LogP) is 17.2. The van der Waals surface area contributed by atoms with Gasteiger partial charge in [-0.05, 0) is 104 Å². The van der Waals surface area contributed by atoms with Crippen molar-refractivity contribution in [3.8, 4) is 44.5 Å². The molecule has 0 spiro atoms. The molecule has 3 heteroatoms. The summed E-state index contributed by atoms with van der Waals surface area (Å²) in [4.78, 5) is 2.46. The summed E-state index contributed by atoms with van der Waals surface area (Å²) in [6.07, 6.45) is 0. The third-order valence-electron chi connectivity index (χ3n) is 12.1. The van der Waals surface area contributed by atoms with E-state index in [4.69, 9.17) is 4.42 Å². The first-order valence-electron chi connectivity index (χ1n) is 20.7. The van der Waals surface area contributed by atoms with Crippen LogP contribution in [0.3, 0.4) is 0 Å². The minimum absolute atomic E-state index is 0.856. The van der Waals surface area contributed by atoms with Gasteiger partial charge in [0, 0.05) is 31.2 Å². The van der Waals surface area contributed by atoms with Crippen molar-refractivity contribution in [2.75, 3.05) is 4.90 Å². The zero-order valence-electron chi connectivity index (χ0n) is 33.1. The number of benzene rings is 10. The molecule has 0 aliphatic heterocycles. The van der Waals surface area contributed by atoms with Crippen LogP contribution in [-0.4, -0.2) is 0 Å². The summed E-state index contributed by atoms with van der Waals surface area (Å²) < 4.78 is 9.28. The first-order chi connectivity index (χ1) is 30.3. The van der Waals surface area contributed by atoms with Gasteiger partial charge in [-0.1, -0.05) is 176 Å². The summed E-state index contributed by atoms with van der Waals surface area (Å²) >= 11 is 1.87. The number of hydrogen-bond donors (Lipinski definition) is 0. The highest BCUT2D eigenvalue weighted by Crippen LogP contribution is 2.51. The lowest BCUT2D eigenvalue weighted by Crippen LogP contribution is -2.11. The zero-order chi connectivity index (χ0) is 40.3. The molecule has 0 atom stereocenters. The summed E-state index contributed by atoms with van der Waals surface area (Å²) in [6.45, 7) is 0. The van der Waals surface area contributed by atoms with Gasteiger partial charge in [0.2, 0.25) is 0 Å². The number of thiophene rings is 1. The molecule has 0 saturated carbocycles. The Morgan fingerprint density at radius 1 is 0.361 bits per heavy atom. The van der Waals surface area contributed by atoms with Crippen LogP contribution in [0.25, 0.3) is 97.4 Å². The predicted molar refractivity (Wildman–Crippen MR) is 261 cm³/mol. The Morgan fingerprint density at radius 3 is 1.75 bits per heavy atom. The molecular formula is C58H37NOS. The van der Waals surface area contributed by atoms with E-state index in [1.165, 1.54) is 69.9 Å². The summed E-state index contributed by atoms with van der Waals surface area (Å²) in [5, 5.41) is 7.12.